The molecule has 0 aliphatic heterocycles. The number of ketones is 4. The Labute approximate surface area is 307 Å². The molecule has 276 valence electrons. The van der Waals surface area contributed by atoms with Crippen LogP contribution in [-0.4, -0.2) is 83.9 Å². The highest BCUT2D eigenvalue weighted by Crippen LogP contribution is 2.42. The average molecular weight is 737 g/mol. The van der Waals surface area contributed by atoms with Gasteiger partial charge in [0.2, 0.25) is 11.6 Å². The van der Waals surface area contributed by atoms with Crippen molar-refractivity contribution in [3.63, 3.8) is 0 Å². The van der Waals surface area contributed by atoms with Crippen molar-refractivity contribution in [1.82, 2.24) is 0 Å². The van der Waals surface area contributed by atoms with E-state index in [9.17, 15) is 49.2 Å². The predicted octanol–water partition coefficient (Wildman–Crippen LogP) is 5.69. The number of phenolic OH excluding ortho intramolecular Hbond substituents is 2. The number of carboxylic acid groups (broad SMARTS) is 1. The van der Waals surface area contributed by atoms with Crippen molar-refractivity contribution in [3.05, 3.63) is 128 Å². The van der Waals surface area contributed by atoms with E-state index >= 15 is 0 Å². The highest BCUT2D eigenvalue weighted by molar-refractivity contribution is 6.42. The lowest BCUT2D eigenvalue weighted by atomic mass is 9.82. The van der Waals surface area contributed by atoms with Gasteiger partial charge in [-0.3, -0.25) is 19.2 Å². The summed E-state index contributed by atoms with van der Waals surface area (Å²) in [7, 11) is 5.13. The molecule has 14 heteroatoms. The van der Waals surface area contributed by atoms with Crippen molar-refractivity contribution in [2.24, 2.45) is 0 Å². The first-order valence-corrected chi connectivity index (χ1v) is 15.9. The minimum atomic E-state index is -1.34. The largest absolute Gasteiger partial charge is 0.507 e. The standard InChI is InChI=1S/C21H18O7.C19H14O7/c1-10-8-12(21(25)28-4)16(14(9-10)26-2)17-18(23)11-6-5-7-13(22)15(11)19(24)20(17)27-3;1-8-6-10(19(24)25)14(12(7-8)26-2)15-16(21)9-4-3-5-11(20)13(9)17(22)18(15)23/h5-9,22H,1-4H3;3-7,20,23H,1-2H3,(H,24,25). The zero-order valence-corrected chi connectivity index (χ0v) is 29.6. The molecule has 4 aromatic carbocycles. The first kappa shape index (κ1) is 38.0. The molecule has 0 aromatic heterocycles. The van der Waals surface area contributed by atoms with Gasteiger partial charge < -0.3 is 39.4 Å². The molecule has 0 radical (unpaired) electrons. The van der Waals surface area contributed by atoms with E-state index in [1.807, 2.05) is 0 Å². The summed E-state index contributed by atoms with van der Waals surface area (Å²) in [4.78, 5) is 75.8. The van der Waals surface area contributed by atoms with Gasteiger partial charge in [0.1, 0.15) is 23.0 Å². The number of aromatic carboxylic acids is 1. The Balaban J connectivity index is 0.000000208. The predicted molar refractivity (Wildman–Crippen MR) is 191 cm³/mol. The van der Waals surface area contributed by atoms with Gasteiger partial charge in [-0.2, -0.15) is 0 Å². The molecule has 4 N–H and O–H groups in total. The topological polar surface area (TPSA) is 220 Å². The number of phenols is 2. The van der Waals surface area contributed by atoms with Crippen molar-refractivity contribution in [2.45, 2.75) is 13.8 Å². The Hall–Kier alpha value is -7.22. The van der Waals surface area contributed by atoms with Crippen molar-refractivity contribution >= 4 is 46.2 Å². The number of aliphatic hydroxyl groups is 1. The van der Waals surface area contributed by atoms with Crippen LogP contribution in [0.15, 0.2) is 72.2 Å². The molecule has 0 unspecified atom stereocenters. The number of aliphatic hydroxyl groups excluding tert-OH is 1. The third-order valence-corrected chi connectivity index (χ3v) is 8.64. The average Bonchev–Trinajstić information content (AvgIpc) is 3.15. The van der Waals surface area contributed by atoms with Gasteiger partial charge in [0, 0.05) is 22.3 Å². The van der Waals surface area contributed by atoms with Gasteiger partial charge in [0.05, 0.1) is 61.8 Å². The first-order valence-electron chi connectivity index (χ1n) is 15.9. The summed E-state index contributed by atoms with van der Waals surface area (Å²) in [6.45, 7) is 3.40. The summed E-state index contributed by atoms with van der Waals surface area (Å²) in [6, 6.07) is 14.1. The highest BCUT2D eigenvalue weighted by Gasteiger charge is 2.40. The van der Waals surface area contributed by atoms with E-state index in [4.69, 9.17) is 18.9 Å². The summed E-state index contributed by atoms with van der Waals surface area (Å²) >= 11 is 0. The van der Waals surface area contributed by atoms with Crippen molar-refractivity contribution < 1.29 is 68.1 Å². The number of benzene rings is 4. The lowest BCUT2D eigenvalue weighted by Gasteiger charge is -2.23. The summed E-state index contributed by atoms with van der Waals surface area (Å²) in [5, 5.41) is 39.9. The van der Waals surface area contributed by atoms with E-state index in [2.05, 4.69) is 0 Å². The number of carbonyl (C=O) groups is 6. The smallest absolute Gasteiger partial charge is 0.338 e. The van der Waals surface area contributed by atoms with Crippen LogP contribution in [0.3, 0.4) is 0 Å². The molecule has 0 bridgehead atoms. The van der Waals surface area contributed by atoms with E-state index in [-0.39, 0.29) is 73.1 Å². The second-order valence-electron chi connectivity index (χ2n) is 11.9. The summed E-state index contributed by atoms with van der Waals surface area (Å²) in [6.07, 6.45) is 0. The molecule has 0 saturated heterocycles. The Kier molecular flexibility index (Phi) is 10.4. The SMILES string of the molecule is COC(=O)c1cc(C)cc(OC)c1C1=C(OC)C(=O)c2c(O)cccc2C1=O.COc1cc(C)cc(C(=O)O)c1C1=C(O)C(=O)c2c(O)cccc2C1=O. The first-order chi connectivity index (χ1) is 25.6. The number of fused-ring (bicyclic) bond motifs is 2. The molecule has 6 rings (SSSR count). The fraction of sp³-hybridized carbons (Fsp3) is 0.150. The Morgan fingerprint density at radius 3 is 1.48 bits per heavy atom. The van der Waals surface area contributed by atoms with Crippen LogP contribution in [0.1, 0.15) is 84.4 Å². The Morgan fingerprint density at radius 1 is 0.556 bits per heavy atom. The van der Waals surface area contributed by atoms with E-state index in [1.165, 1.54) is 77.0 Å². The lowest BCUT2D eigenvalue weighted by molar-refractivity contribution is 0.0598. The molecule has 0 heterocycles. The third kappa shape index (κ3) is 6.29. The molecule has 0 fully saturated rings. The maximum atomic E-state index is 13.3. The van der Waals surface area contributed by atoms with E-state index in [0.29, 0.717) is 11.1 Å². The number of esters is 1. The highest BCUT2D eigenvalue weighted by atomic mass is 16.5. The van der Waals surface area contributed by atoms with Crippen LogP contribution in [0.2, 0.25) is 0 Å². The fourth-order valence-electron chi connectivity index (χ4n) is 6.31. The number of hydrogen-bond donors (Lipinski definition) is 4. The molecule has 0 saturated carbocycles. The van der Waals surface area contributed by atoms with Gasteiger partial charge in [-0.15, -0.1) is 0 Å². The number of methoxy groups -OCH3 is 4. The van der Waals surface area contributed by atoms with Crippen LogP contribution in [0.25, 0.3) is 11.1 Å². The molecule has 0 atom stereocenters. The van der Waals surface area contributed by atoms with E-state index < -0.39 is 52.2 Å². The van der Waals surface area contributed by atoms with Crippen LogP contribution < -0.4 is 9.47 Å². The van der Waals surface area contributed by atoms with Gasteiger partial charge in [-0.1, -0.05) is 24.3 Å². The molecular weight excluding hydrogens is 704 g/mol. The Morgan fingerprint density at radius 2 is 1.02 bits per heavy atom. The zero-order valence-electron chi connectivity index (χ0n) is 29.6. The van der Waals surface area contributed by atoms with Gasteiger partial charge >= 0.3 is 11.9 Å². The molecule has 2 aliphatic rings. The maximum absolute atomic E-state index is 13.3. The number of ether oxygens (including phenoxy) is 4. The van der Waals surface area contributed by atoms with Crippen molar-refractivity contribution in [1.29, 1.82) is 0 Å². The molecule has 0 amide bonds. The quantitative estimate of drug-likeness (QED) is 0.168. The molecular formula is C40H32O14. The second kappa shape index (κ2) is 14.8. The van der Waals surface area contributed by atoms with Crippen LogP contribution >= 0.6 is 0 Å². The minimum Gasteiger partial charge on any atom is -0.507 e. The minimum absolute atomic E-state index is 0.0132. The number of carbonyl (C=O) groups excluding carboxylic acids is 5. The van der Waals surface area contributed by atoms with Crippen LogP contribution in [-0.2, 0) is 9.47 Å². The zero-order chi connectivity index (χ0) is 39.8. The van der Waals surface area contributed by atoms with E-state index in [1.54, 1.807) is 26.0 Å². The van der Waals surface area contributed by atoms with Gasteiger partial charge in [-0.25, -0.2) is 9.59 Å². The maximum Gasteiger partial charge on any atom is 0.338 e. The lowest BCUT2D eigenvalue weighted by Crippen LogP contribution is -2.24. The van der Waals surface area contributed by atoms with Crippen LogP contribution in [0, 0.1) is 13.8 Å². The van der Waals surface area contributed by atoms with Gasteiger partial charge in [0.15, 0.2) is 23.1 Å². The van der Waals surface area contributed by atoms with Crippen LogP contribution in [0.5, 0.6) is 23.0 Å². The van der Waals surface area contributed by atoms with Gasteiger partial charge in [-0.05, 0) is 61.4 Å². The number of Topliss-reactive ketones (excluding diaryl/α,β-unsaturated/α-hetero) is 4. The number of carboxylic acids is 1. The van der Waals surface area contributed by atoms with Crippen molar-refractivity contribution in [3.8, 4) is 23.0 Å². The van der Waals surface area contributed by atoms with Crippen molar-refractivity contribution in [2.75, 3.05) is 28.4 Å². The number of allylic oxidation sites excluding steroid dienone is 4. The molecule has 0 spiro atoms. The molecule has 2 aliphatic carbocycles. The monoisotopic (exact) mass is 736 g/mol. The third-order valence-electron chi connectivity index (χ3n) is 8.64. The summed E-state index contributed by atoms with van der Waals surface area (Å²) < 4.78 is 20.7. The molecule has 14 nitrogen and oxygen atoms in total. The number of hydrogen-bond acceptors (Lipinski definition) is 13. The van der Waals surface area contributed by atoms with E-state index in [0.717, 1.165) is 0 Å². The van der Waals surface area contributed by atoms with Gasteiger partial charge in [0.25, 0.3) is 0 Å². The number of rotatable bonds is 7. The Bertz CT molecular complexity index is 2400. The van der Waals surface area contributed by atoms with Crippen LogP contribution in [0.4, 0.5) is 0 Å². The fourth-order valence-corrected chi connectivity index (χ4v) is 6.31. The summed E-state index contributed by atoms with van der Waals surface area (Å²) in [5.41, 5.74) is -0.197. The number of aromatic hydroxyl groups is 2. The summed E-state index contributed by atoms with van der Waals surface area (Å²) in [5.74, 6) is -6.76. The second-order valence-corrected chi connectivity index (χ2v) is 11.9. The normalized spacial score (nSPS) is 13.4. The number of aryl methyl sites for hydroxylation is 2. The molecule has 54 heavy (non-hydrogen) atoms. The molecule has 4 aromatic rings.